The second-order valence-corrected chi connectivity index (χ2v) is 7.56. The number of hydrogen-bond acceptors (Lipinski definition) is 5. The van der Waals surface area contributed by atoms with Gasteiger partial charge in [-0.15, -0.1) is 5.10 Å². The van der Waals surface area contributed by atoms with Crippen LogP contribution in [0.15, 0.2) is 36.5 Å². The van der Waals surface area contributed by atoms with Gasteiger partial charge < -0.3 is 9.64 Å². The molecule has 1 aliphatic heterocycles. The summed E-state index contributed by atoms with van der Waals surface area (Å²) in [4.78, 5) is 18.9. The van der Waals surface area contributed by atoms with Crippen molar-refractivity contribution in [2.45, 2.75) is 32.5 Å². The van der Waals surface area contributed by atoms with Gasteiger partial charge in [-0.25, -0.2) is 4.98 Å². The third kappa shape index (κ3) is 3.79. The van der Waals surface area contributed by atoms with Crippen molar-refractivity contribution in [2.24, 2.45) is 0 Å². The molecule has 2 aromatic heterocycles. The molecule has 3 heterocycles. The van der Waals surface area contributed by atoms with Gasteiger partial charge in [-0.2, -0.15) is 17.9 Å². The molecule has 0 saturated heterocycles. The smallest absolute Gasteiger partial charge is 0.417 e. The zero-order valence-corrected chi connectivity index (χ0v) is 18.0. The number of amides is 1. The van der Waals surface area contributed by atoms with Crippen molar-refractivity contribution in [3.8, 4) is 11.6 Å². The van der Waals surface area contributed by atoms with E-state index in [0.717, 1.165) is 11.8 Å². The number of halogens is 4. The van der Waals surface area contributed by atoms with Crippen LogP contribution in [0.3, 0.4) is 0 Å². The summed E-state index contributed by atoms with van der Waals surface area (Å²) in [7, 11) is 0. The zero-order valence-electron chi connectivity index (χ0n) is 17.2. The van der Waals surface area contributed by atoms with Gasteiger partial charge in [0.05, 0.1) is 34.5 Å². The number of ether oxygens (including phenoxy) is 1. The maximum Gasteiger partial charge on any atom is 0.417 e. The SMILES string of the molecule is CCOc1cccnc1-n1nnc2c1CCN(C(=O)c1cccc(C(F)(F)F)c1Cl)[C@H]2C. The van der Waals surface area contributed by atoms with Crippen molar-refractivity contribution in [1.29, 1.82) is 0 Å². The van der Waals surface area contributed by atoms with Crippen molar-refractivity contribution >= 4 is 17.5 Å². The number of benzene rings is 1. The van der Waals surface area contributed by atoms with Gasteiger partial charge in [0.1, 0.15) is 5.69 Å². The summed E-state index contributed by atoms with van der Waals surface area (Å²) in [5.41, 5.74) is 0.0598. The Hall–Kier alpha value is -3.14. The molecule has 1 aliphatic rings. The molecular weight excluding hydrogens is 447 g/mol. The lowest BCUT2D eigenvalue weighted by Crippen LogP contribution is -2.39. The second-order valence-electron chi connectivity index (χ2n) is 7.18. The van der Waals surface area contributed by atoms with E-state index in [1.165, 1.54) is 17.0 Å². The Bertz CT molecular complexity index is 1160. The summed E-state index contributed by atoms with van der Waals surface area (Å²) < 4.78 is 46.8. The first-order valence-corrected chi connectivity index (χ1v) is 10.3. The van der Waals surface area contributed by atoms with E-state index in [2.05, 4.69) is 15.3 Å². The lowest BCUT2D eigenvalue weighted by Gasteiger charge is -2.33. The summed E-state index contributed by atoms with van der Waals surface area (Å²) in [6, 6.07) is 6.32. The predicted octanol–water partition coefficient (Wildman–Crippen LogP) is 4.49. The van der Waals surface area contributed by atoms with E-state index >= 15 is 0 Å². The Balaban J connectivity index is 1.67. The lowest BCUT2D eigenvalue weighted by atomic mass is 10.0. The maximum absolute atomic E-state index is 13.2. The highest BCUT2D eigenvalue weighted by atomic mass is 35.5. The number of hydrogen-bond donors (Lipinski definition) is 0. The Morgan fingerprint density at radius 2 is 2.06 bits per heavy atom. The summed E-state index contributed by atoms with van der Waals surface area (Å²) in [5, 5.41) is 7.82. The van der Waals surface area contributed by atoms with Crippen LogP contribution >= 0.6 is 11.6 Å². The Kier molecular flexibility index (Phi) is 5.81. The van der Waals surface area contributed by atoms with E-state index in [4.69, 9.17) is 16.3 Å². The van der Waals surface area contributed by atoms with Crippen LogP contribution in [0, 0.1) is 0 Å². The fraction of sp³-hybridized carbons (Fsp3) is 0.333. The average Bonchev–Trinajstić information content (AvgIpc) is 3.18. The van der Waals surface area contributed by atoms with Gasteiger partial charge in [-0.1, -0.05) is 22.9 Å². The number of pyridine rings is 1. The van der Waals surface area contributed by atoms with Crippen molar-refractivity contribution < 1.29 is 22.7 Å². The monoisotopic (exact) mass is 465 g/mol. The van der Waals surface area contributed by atoms with Gasteiger partial charge in [0.25, 0.3) is 5.91 Å². The molecule has 0 radical (unpaired) electrons. The van der Waals surface area contributed by atoms with E-state index in [-0.39, 0.29) is 12.1 Å². The average molecular weight is 466 g/mol. The van der Waals surface area contributed by atoms with Crippen LogP contribution in [0.25, 0.3) is 5.82 Å². The van der Waals surface area contributed by atoms with Crippen molar-refractivity contribution in [3.05, 3.63) is 64.1 Å². The number of aromatic nitrogens is 4. The zero-order chi connectivity index (χ0) is 23.0. The highest BCUT2D eigenvalue weighted by molar-refractivity contribution is 6.34. The van der Waals surface area contributed by atoms with Crippen LogP contribution < -0.4 is 4.74 Å². The van der Waals surface area contributed by atoms with Crippen LogP contribution in [0.5, 0.6) is 5.75 Å². The molecule has 0 spiro atoms. The van der Waals surface area contributed by atoms with E-state index in [1.54, 1.807) is 29.9 Å². The second kappa shape index (κ2) is 8.42. The van der Waals surface area contributed by atoms with Gasteiger partial charge in [-0.3, -0.25) is 4.79 Å². The van der Waals surface area contributed by atoms with Gasteiger partial charge in [0, 0.05) is 19.2 Å². The van der Waals surface area contributed by atoms with E-state index in [9.17, 15) is 18.0 Å². The Morgan fingerprint density at radius 1 is 1.28 bits per heavy atom. The van der Waals surface area contributed by atoms with Gasteiger partial charge in [-0.05, 0) is 38.1 Å². The number of fused-ring (bicyclic) bond motifs is 1. The van der Waals surface area contributed by atoms with Crippen LogP contribution in [0.1, 0.15) is 47.2 Å². The molecule has 1 aromatic carbocycles. The lowest BCUT2D eigenvalue weighted by molar-refractivity contribution is -0.137. The number of rotatable bonds is 4. The van der Waals surface area contributed by atoms with Crippen LogP contribution in [0.4, 0.5) is 13.2 Å². The predicted molar refractivity (Wildman–Crippen MR) is 110 cm³/mol. The molecule has 1 amide bonds. The molecule has 11 heteroatoms. The molecular formula is C21H19ClF3N5O2. The van der Waals surface area contributed by atoms with E-state index < -0.39 is 28.7 Å². The third-order valence-electron chi connectivity index (χ3n) is 5.29. The molecule has 168 valence electrons. The molecule has 0 aliphatic carbocycles. The van der Waals surface area contributed by atoms with Crippen molar-refractivity contribution in [2.75, 3.05) is 13.2 Å². The van der Waals surface area contributed by atoms with Gasteiger partial charge in [0.2, 0.25) is 0 Å². The van der Waals surface area contributed by atoms with Crippen molar-refractivity contribution in [1.82, 2.24) is 24.9 Å². The molecule has 0 N–H and O–H groups in total. The molecule has 0 bridgehead atoms. The summed E-state index contributed by atoms with van der Waals surface area (Å²) in [5.74, 6) is 0.433. The first kappa shape index (κ1) is 22.1. The molecule has 4 rings (SSSR count). The summed E-state index contributed by atoms with van der Waals surface area (Å²) in [6.07, 6.45) is -2.65. The Labute approximate surface area is 186 Å². The molecule has 7 nitrogen and oxygen atoms in total. The normalized spacial score (nSPS) is 16.1. The number of alkyl halides is 3. The molecule has 0 saturated carbocycles. The van der Waals surface area contributed by atoms with E-state index in [1.807, 2.05) is 6.92 Å². The highest BCUT2D eigenvalue weighted by Gasteiger charge is 2.38. The number of carbonyl (C=O) groups is 1. The minimum Gasteiger partial charge on any atom is -0.490 e. The molecule has 0 fully saturated rings. The van der Waals surface area contributed by atoms with E-state index in [0.29, 0.717) is 30.3 Å². The molecule has 1 atom stereocenters. The number of nitrogens with zero attached hydrogens (tertiary/aromatic N) is 5. The minimum absolute atomic E-state index is 0.201. The standard InChI is InChI=1S/C21H19ClF3N5O2/c1-3-32-16-8-5-10-26-19(16)30-15-9-11-29(12(2)18(15)27-28-30)20(31)13-6-4-7-14(17(13)22)21(23,24)25/h4-8,10,12H,3,9,11H2,1-2H3/t12-/m0/s1. The first-order chi connectivity index (χ1) is 15.2. The first-order valence-electron chi connectivity index (χ1n) is 9.93. The van der Waals surface area contributed by atoms with Crippen LogP contribution in [0.2, 0.25) is 5.02 Å². The van der Waals surface area contributed by atoms with Crippen LogP contribution in [-0.4, -0.2) is 43.9 Å². The fourth-order valence-electron chi connectivity index (χ4n) is 3.77. The molecule has 32 heavy (non-hydrogen) atoms. The Morgan fingerprint density at radius 3 is 2.78 bits per heavy atom. The van der Waals surface area contributed by atoms with Crippen molar-refractivity contribution in [3.63, 3.8) is 0 Å². The fourth-order valence-corrected chi connectivity index (χ4v) is 4.08. The minimum atomic E-state index is -4.66. The topological polar surface area (TPSA) is 73.1 Å². The number of carbonyl (C=O) groups excluding carboxylic acids is 1. The van der Waals surface area contributed by atoms with Gasteiger partial charge in [0.15, 0.2) is 11.6 Å². The molecule has 3 aromatic rings. The summed E-state index contributed by atoms with van der Waals surface area (Å²) >= 11 is 5.96. The molecule has 0 unspecified atom stereocenters. The highest BCUT2D eigenvalue weighted by Crippen LogP contribution is 2.38. The van der Waals surface area contributed by atoms with Gasteiger partial charge >= 0.3 is 6.18 Å². The quantitative estimate of drug-likeness (QED) is 0.567. The third-order valence-corrected chi connectivity index (χ3v) is 5.70. The van der Waals surface area contributed by atoms with Crippen LogP contribution in [-0.2, 0) is 12.6 Å². The largest absolute Gasteiger partial charge is 0.490 e. The maximum atomic E-state index is 13.2. The summed E-state index contributed by atoms with van der Waals surface area (Å²) in [6.45, 7) is 4.31.